The van der Waals surface area contributed by atoms with Crippen molar-refractivity contribution >= 4 is 30.5 Å². The fourth-order valence-electron chi connectivity index (χ4n) is 2.04. The number of halogens is 2. The highest BCUT2D eigenvalue weighted by Gasteiger charge is 2.00. The van der Waals surface area contributed by atoms with E-state index in [0.29, 0.717) is 0 Å². The minimum Gasteiger partial charge on any atom is -0.372 e. The molecule has 1 aromatic carbocycles. The van der Waals surface area contributed by atoms with Gasteiger partial charge in [-0.2, -0.15) is 0 Å². The molecule has 0 unspecified atom stereocenters. The first-order chi connectivity index (χ1) is 8.81. The van der Waals surface area contributed by atoms with Crippen LogP contribution in [-0.4, -0.2) is 33.2 Å². The van der Waals surface area contributed by atoms with E-state index in [9.17, 15) is 0 Å². The lowest BCUT2D eigenvalue weighted by molar-refractivity contribution is 0.625. The van der Waals surface area contributed by atoms with Crippen molar-refractivity contribution in [3.8, 4) is 0 Å². The summed E-state index contributed by atoms with van der Waals surface area (Å²) in [6, 6.07) is 8.88. The second kappa shape index (κ2) is 13.5. The molecular weight excluding hydrogens is 293 g/mol. The molecule has 1 rings (SSSR count). The van der Waals surface area contributed by atoms with E-state index in [1.54, 1.807) is 0 Å². The quantitative estimate of drug-likeness (QED) is 0.684. The molecular formula is C15H29Cl2N3. The molecule has 0 aliphatic carbocycles. The highest BCUT2D eigenvalue weighted by Crippen LogP contribution is 2.14. The van der Waals surface area contributed by atoms with Crippen molar-refractivity contribution in [1.29, 1.82) is 0 Å². The molecule has 20 heavy (non-hydrogen) atoms. The lowest BCUT2D eigenvalue weighted by Crippen LogP contribution is -2.22. The van der Waals surface area contributed by atoms with Crippen LogP contribution in [0.3, 0.4) is 0 Å². The van der Waals surface area contributed by atoms with E-state index in [1.165, 1.54) is 17.7 Å². The highest BCUT2D eigenvalue weighted by molar-refractivity contribution is 5.85. The Kier molecular flexibility index (Phi) is 14.7. The summed E-state index contributed by atoms with van der Waals surface area (Å²) in [5, 5.41) is 6.61. The smallest absolute Gasteiger partial charge is 0.0366 e. The van der Waals surface area contributed by atoms with Crippen molar-refractivity contribution in [2.24, 2.45) is 0 Å². The van der Waals surface area contributed by atoms with Gasteiger partial charge in [-0.25, -0.2) is 0 Å². The van der Waals surface area contributed by atoms with E-state index in [1.807, 2.05) is 7.05 Å². The molecule has 0 fully saturated rings. The average molecular weight is 322 g/mol. The molecule has 0 atom stereocenters. The Labute approximate surface area is 136 Å². The van der Waals surface area contributed by atoms with E-state index in [0.717, 1.165) is 32.7 Å². The molecule has 0 radical (unpaired) electrons. The van der Waals surface area contributed by atoms with Crippen molar-refractivity contribution in [3.63, 3.8) is 0 Å². The first-order valence-electron chi connectivity index (χ1n) is 7.01. The van der Waals surface area contributed by atoms with Gasteiger partial charge in [0.25, 0.3) is 0 Å². The van der Waals surface area contributed by atoms with Crippen molar-refractivity contribution in [3.05, 3.63) is 29.8 Å². The van der Waals surface area contributed by atoms with Gasteiger partial charge in [-0.3, -0.25) is 0 Å². The lowest BCUT2D eigenvalue weighted by Gasteiger charge is -2.21. The molecule has 0 amide bonds. The minimum atomic E-state index is 0. The summed E-state index contributed by atoms with van der Waals surface area (Å²) in [5.74, 6) is 0. The number of hydrogen-bond donors (Lipinski definition) is 2. The molecule has 0 saturated heterocycles. The van der Waals surface area contributed by atoms with Crippen LogP contribution in [0.1, 0.15) is 25.8 Å². The summed E-state index contributed by atoms with van der Waals surface area (Å²) in [5.41, 5.74) is 2.68. The van der Waals surface area contributed by atoms with E-state index in [4.69, 9.17) is 0 Å². The summed E-state index contributed by atoms with van der Waals surface area (Å²) < 4.78 is 0. The molecule has 0 spiro atoms. The van der Waals surface area contributed by atoms with Gasteiger partial charge in [-0.1, -0.05) is 12.1 Å². The summed E-state index contributed by atoms with van der Waals surface area (Å²) in [7, 11) is 1.99. The van der Waals surface area contributed by atoms with Crippen LogP contribution in [0, 0.1) is 0 Å². The number of nitrogens with one attached hydrogen (secondary N) is 2. The molecule has 3 nitrogen and oxygen atoms in total. The standard InChI is InChI=1S/C15H27N3.2ClH/c1-4-18(5-2)15-9-7-14(8-10-15)13-17-12-6-11-16-3;;/h7-10,16-17H,4-6,11-13H2,1-3H3;2*1H. The highest BCUT2D eigenvalue weighted by atomic mass is 35.5. The monoisotopic (exact) mass is 321 g/mol. The summed E-state index contributed by atoms with van der Waals surface area (Å²) in [6.45, 7) is 9.63. The largest absolute Gasteiger partial charge is 0.372 e. The zero-order valence-electron chi connectivity index (χ0n) is 12.8. The molecule has 0 aliphatic rings. The average Bonchev–Trinajstić information content (AvgIpc) is 2.41. The summed E-state index contributed by atoms with van der Waals surface area (Å²) >= 11 is 0. The third kappa shape index (κ3) is 7.95. The van der Waals surface area contributed by atoms with E-state index < -0.39 is 0 Å². The van der Waals surface area contributed by atoms with Crippen LogP contribution in [0.5, 0.6) is 0 Å². The Morgan fingerprint density at radius 2 is 1.55 bits per heavy atom. The van der Waals surface area contributed by atoms with Crippen molar-refractivity contribution < 1.29 is 0 Å². The van der Waals surface area contributed by atoms with Crippen LogP contribution in [0.2, 0.25) is 0 Å². The topological polar surface area (TPSA) is 27.3 Å². The normalized spacial score (nSPS) is 9.55. The van der Waals surface area contributed by atoms with Gasteiger partial charge in [0.1, 0.15) is 0 Å². The van der Waals surface area contributed by atoms with Gasteiger partial charge >= 0.3 is 0 Å². The maximum absolute atomic E-state index is 3.46. The van der Waals surface area contributed by atoms with Crippen LogP contribution < -0.4 is 15.5 Å². The lowest BCUT2D eigenvalue weighted by atomic mass is 10.2. The minimum absolute atomic E-state index is 0. The Hall–Kier alpha value is -0.480. The number of hydrogen-bond acceptors (Lipinski definition) is 3. The molecule has 0 heterocycles. The molecule has 0 aliphatic heterocycles. The molecule has 0 bridgehead atoms. The Morgan fingerprint density at radius 1 is 0.950 bits per heavy atom. The fourth-order valence-corrected chi connectivity index (χ4v) is 2.04. The van der Waals surface area contributed by atoms with Crippen LogP contribution in [-0.2, 0) is 6.54 Å². The third-order valence-electron chi connectivity index (χ3n) is 3.17. The molecule has 0 aromatic heterocycles. The maximum Gasteiger partial charge on any atom is 0.0366 e. The predicted octanol–water partition coefficient (Wildman–Crippen LogP) is 3.08. The van der Waals surface area contributed by atoms with Crippen LogP contribution >= 0.6 is 24.8 Å². The van der Waals surface area contributed by atoms with Crippen molar-refractivity contribution in [2.45, 2.75) is 26.8 Å². The van der Waals surface area contributed by atoms with E-state index in [2.05, 4.69) is 53.6 Å². The fraction of sp³-hybridized carbons (Fsp3) is 0.600. The Balaban J connectivity index is 0. The molecule has 1 aromatic rings. The van der Waals surface area contributed by atoms with Crippen LogP contribution in [0.15, 0.2) is 24.3 Å². The molecule has 0 saturated carbocycles. The van der Waals surface area contributed by atoms with Gasteiger partial charge in [0.05, 0.1) is 0 Å². The Morgan fingerprint density at radius 3 is 2.05 bits per heavy atom. The van der Waals surface area contributed by atoms with E-state index >= 15 is 0 Å². The maximum atomic E-state index is 3.46. The SMILES string of the molecule is CCN(CC)c1ccc(CNCCCNC)cc1.Cl.Cl. The van der Waals surface area contributed by atoms with Gasteiger partial charge in [-0.05, 0) is 58.1 Å². The van der Waals surface area contributed by atoms with Gasteiger partial charge in [-0.15, -0.1) is 24.8 Å². The van der Waals surface area contributed by atoms with Crippen molar-refractivity contribution in [2.75, 3.05) is 38.1 Å². The number of benzene rings is 1. The van der Waals surface area contributed by atoms with Crippen LogP contribution in [0.25, 0.3) is 0 Å². The summed E-state index contributed by atoms with van der Waals surface area (Å²) in [6.07, 6.45) is 1.17. The van der Waals surface area contributed by atoms with Crippen LogP contribution in [0.4, 0.5) is 5.69 Å². The second-order valence-electron chi connectivity index (χ2n) is 4.47. The first kappa shape index (κ1) is 21.8. The Bertz CT molecular complexity index is 313. The van der Waals surface area contributed by atoms with Gasteiger partial charge in [0, 0.05) is 25.3 Å². The van der Waals surface area contributed by atoms with E-state index in [-0.39, 0.29) is 24.8 Å². The number of rotatable bonds is 9. The van der Waals surface area contributed by atoms with Crippen molar-refractivity contribution in [1.82, 2.24) is 10.6 Å². The molecule has 5 heteroatoms. The number of nitrogens with zero attached hydrogens (tertiary/aromatic N) is 1. The zero-order chi connectivity index (χ0) is 13.2. The second-order valence-corrected chi connectivity index (χ2v) is 4.47. The molecule has 118 valence electrons. The van der Waals surface area contributed by atoms with Gasteiger partial charge < -0.3 is 15.5 Å². The third-order valence-corrected chi connectivity index (χ3v) is 3.17. The number of anilines is 1. The van der Waals surface area contributed by atoms with Gasteiger partial charge in [0.15, 0.2) is 0 Å². The first-order valence-corrected chi connectivity index (χ1v) is 7.01. The molecule has 2 N–H and O–H groups in total. The predicted molar refractivity (Wildman–Crippen MR) is 94.7 cm³/mol. The summed E-state index contributed by atoms with van der Waals surface area (Å²) in [4.78, 5) is 2.37. The van der Waals surface area contributed by atoms with Gasteiger partial charge in [0.2, 0.25) is 0 Å². The zero-order valence-corrected chi connectivity index (χ0v) is 14.4.